The summed E-state index contributed by atoms with van der Waals surface area (Å²) in [5.74, 6) is -0.374. The van der Waals surface area contributed by atoms with Crippen molar-refractivity contribution in [1.82, 2.24) is 9.97 Å². The summed E-state index contributed by atoms with van der Waals surface area (Å²) in [7, 11) is 1.41. The van der Waals surface area contributed by atoms with E-state index in [-0.39, 0.29) is 17.1 Å². The number of nitrogens with zero attached hydrogens (tertiary/aromatic N) is 2. The van der Waals surface area contributed by atoms with Crippen LogP contribution in [0.2, 0.25) is 0 Å². The molecule has 1 heterocycles. The van der Waals surface area contributed by atoms with Crippen molar-refractivity contribution >= 4 is 17.7 Å². The summed E-state index contributed by atoms with van der Waals surface area (Å²) >= 11 is 1.51. The monoisotopic (exact) mass is 268 g/mol. The van der Waals surface area contributed by atoms with Gasteiger partial charge in [-0.1, -0.05) is 25.6 Å². The number of esters is 1. The third kappa shape index (κ3) is 3.45. The Kier molecular flexibility index (Phi) is 5.14. The van der Waals surface area contributed by atoms with Gasteiger partial charge >= 0.3 is 5.97 Å². The molecule has 2 atom stereocenters. The maximum atomic E-state index is 11.5. The highest BCUT2D eigenvalue weighted by Gasteiger charge is 2.23. The molecular weight excluding hydrogens is 248 g/mol. The summed E-state index contributed by atoms with van der Waals surface area (Å²) in [6.07, 6.45) is 0. The largest absolute Gasteiger partial charge is 0.469 e. The van der Waals surface area contributed by atoms with Crippen LogP contribution in [0, 0.1) is 26.7 Å². The Balaban J connectivity index is 2.82. The van der Waals surface area contributed by atoms with Gasteiger partial charge < -0.3 is 4.74 Å². The van der Waals surface area contributed by atoms with Crippen LogP contribution in [0.25, 0.3) is 0 Å². The van der Waals surface area contributed by atoms with Crippen molar-refractivity contribution in [2.45, 2.75) is 45.0 Å². The SMILES string of the molecule is COC(=O)C(C)C(C)Sc1nc(C)c(C)c(C)n1. The zero-order valence-electron chi connectivity index (χ0n) is 11.8. The Morgan fingerprint density at radius 1 is 1.17 bits per heavy atom. The van der Waals surface area contributed by atoms with E-state index in [1.165, 1.54) is 18.9 Å². The Bertz CT molecular complexity index is 426. The van der Waals surface area contributed by atoms with Crippen molar-refractivity contribution in [2.75, 3.05) is 7.11 Å². The molecule has 2 unspecified atom stereocenters. The maximum absolute atomic E-state index is 11.5. The maximum Gasteiger partial charge on any atom is 0.309 e. The molecule has 0 bridgehead atoms. The van der Waals surface area contributed by atoms with Crippen LogP contribution in [0.1, 0.15) is 30.8 Å². The standard InChI is InChI=1S/C13H20N2O2S/c1-7-9(3)14-13(15-10(7)4)18-11(5)8(2)12(16)17-6/h8,11H,1-6H3. The van der Waals surface area contributed by atoms with E-state index in [0.717, 1.165) is 22.1 Å². The van der Waals surface area contributed by atoms with Gasteiger partial charge in [0.2, 0.25) is 0 Å². The first-order valence-corrected chi connectivity index (χ1v) is 6.81. The van der Waals surface area contributed by atoms with Crippen LogP contribution in [0.4, 0.5) is 0 Å². The van der Waals surface area contributed by atoms with E-state index in [0.29, 0.717) is 0 Å². The minimum Gasteiger partial charge on any atom is -0.469 e. The average Bonchev–Trinajstić information content (AvgIpc) is 2.33. The van der Waals surface area contributed by atoms with E-state index in [4.69, 9.17) is 4.74 Å². The highest BCUT2D eigenvalue weighted by atomic mass is 32.2. The summed E-state index contributed by atoms with van der Waals surface area (Å²) in [5.41, 5.74) is 3.10. The van der Waals surface area contributed by atoms with E-state index in [2.05, 4.69) is 9.97 Å². The number of methoxy groups -OCH3 is 1. The lowest BCUT2D eigenvalue weighted by Gasteiger charge is -2.17. The van der Waals surface area contributed by atoms with Crippen LogP contribution < -0.4 is 0 Å². The number of aromatic nitrogens is 2. The number of carbonyl (C=O) groups excluding carboxylic acids is 1. The molecule has 1 rings (SSSR count). The zero-order chi connectivity index (χ0) is 13.9. The molecule has 0 amide bonds. The van der Waals surface area contributed by atoms with Gasteiger partial charge in [0.25, 0.3) is 0 Å². The second-order valence-electron chi connectivity index (χ2n) is 4.44. The fourth-order valence-corrected chi connectivity index (χ4v) is 2.47. The van der Waals surface area contributed by atoms with E-state index >= 15 is 0 Å². The highest BCUT2D eigenvalue weighted by Crippen LogP contribution is 2.26. The Labute approximate surface area is 113 Å². The number of rotatable bonds is 4. The van der Waals surface area contributed by atoms with Gasteiger partial charge in [0, 0.05) is 16.6 Å². The molecule has 5 heteroatoms. The number of thioether (sulfide) groups is 1. The van der Waals surface area contributed by atoms with Crippen molar-refractivity contribution in [3.8, 4) is 0 Å². The van der Waals surface area contributed by atoms with Gasteiger partial charge in [-0.2, -0.15) is 0 Å². The van der Waals surface area contributed by atoms with Crippen LogP contribution >= 0.6 is 11.8 Å². The molecule has 1 aromatic heterocycles. The first-order valence-electron chi connectivity index (χ1n) is 5.93. The van der Waals surface area contributed by atoms with E-state index in [1.54, 1.807) is 0 Å². The molecule has 0 fully saturated rings. The van der Waals surface area contributed by atoms with Gasteiger partial charge in [0.05, 0.1) is 13.0 Å². The summed E-state index contributed by atoms with van der Waals surface area (Å²) in [6.45, 7) is 9.81. The van der Waals surface area contributed by atoms with Gasteiger partial charge in [0.15, 0.2) is 5.16 Å². The van der Waals surface area contributed by atoms with Gasteiger partial charge in [-0.05, 0) is 26.3 Å². The molecular formula is C13H20N2O2S. The van der Waals surface area contributed by atoms with Gasteiger partial charge in [-0.3, -0.25) is 4.79 Å². The van der Waals surface area contributed by atoms with Crippen molar-refractivity contribution in [2.24, 2.45) is 5.92 Å². The van der Waals surface area contributed by atoms with Crippen molar-refractivity contribution in [1.29, 1.82) is 0 Å². The third-order valence-electron chi connectivity index (χ3n) is 3.18. The molecule has 0 spiro atoms. The Hall–Kier alpha value is -1.10. The molecule has 18 heavy (non-hydrogen) atoms. The first-order chi connectivity index (χ1) is 8.36. The summed E-state index contributed by atoms with van der Waals surface area (Å²) in [4.78, 5) is 20.3. The number of hydrogen-bond acceptors (Lipinski definition) is 5. The second-order valence-corrected chi connectivity index (χ2v) is 5.78. The predicted octanol–water partition coefficient (Wildman–Crippen LogP) is 2.69. The molecule has 0 aliphatic rings. The molecule has 4 nitrogen and oxygen atoms in total. The molecule has 0 aliphatic heterocycles. The fourth-order valence-electron chi connectivity index (χ4n) is 1.44. The van der Waals surface area contributed by atoms with Crippen LogP contribution in [0.15, 0.2) is 5.16 Å². The molecule has 0 saturated carbocycles. The van der Waals surface area contributed by atoms with Crippen molar-refractivity contribution in [3.05, 3.63) is 17.0 Å². The predicted molar refractivity (Wildman–Crippen MR) is 72.7 cm³/mol. The molecule has 100 valence electrons. The van der Waals surface area contributed by atoms with Crippen molar-refractivity contribution < 1.29 is 9.53 Å². The Morgan fingerprint density at radius 2 is 1.67 bits per heavy atom. The minimum atomic E-state index is -0.199. The number of hydrogen-bond donors (Lipinski definition) is 0. The summed E-state index contributed by atoms with van der Waals surface area (Å²) in [5, 5.41) is 0.804. The van der Waals surface area contributed by atoms with Crippen LogP contribution in [0.3, 0.4) is 0 Å². The fraction of sp³-hybridized carbons (Fsp3) is 0.615. The molecule has 0 saturated heterocycles. The van der Waals surface area contributed by atoms with Crippen LogP contribution in [-0.4, -0.2) is 28.3 Å². The normalized spacial score (nSPS) is 14.1. The molecule has 1 aromatic rings. The topological polar surface area (TPSA) is 52.1 Å². The zero-order valence-corrected chi connectivity index (χ0v) is 12.6. The number of aryl methyl sites for hydroxylation is 2. The lowest BCUT2D eigenvalue weighted by molar-refractivity contribution is -0.144. The quantitative estimate of drug-likeness (QED) is 0.477. The van der Waals surface area contributed by atoms with Gasteiger partial charge in [-0.15, -0.1) is 0 Å². The molecule has 0 radical (unpaired) electrons. The lowest BCUT2D eigenvalue weighted by Crippen LogP contribution is -2.22. The van der Waals surface area contributed by atoms with Gasteiger partial charge in [0.1, 0.15) is 0 Å². The molecule has 0 N–H and O–H groups in total. The molecule has 0 aromatic carbocycles. The average molecular weight is 268 g/mol. The highest BCUT2D eigenvalue weighted by molar-refractivity contribution is 7.99. The third-order valence-corrected chi connectivity index (χ3v) is 4.35. The second kappa shape index (κ2) is 6.18. The minimum absolute atomic E-state index is 0.0824. The summed E-state index contributed by atoms with van der Waals surface area (Å²) in [6, 6.07) is 0. The van der Waals surface area contributed by atoms with Crippen LogP contribution in [0.5, 0.6) is 0 Å². The molecule has 0 aliphatic carbocycles. The van der Waals surface area contributed by atoms with Crippen molar-refractivity contribution in [3.63, 3.8) is 0 Å². The van der Waals surface area contributed by atoms with Gasteiger partial charge in [-0.25, -0.2) is 9.97 Å². The van der Waals surface area contributed by atoms with E-state index in [9.17, 15) is 4.79 Å². The number of carbonyl (C=O) groups is 1. The van der Waals surface area contributed by atoms with Crippen LogP contribution in [-0.2, 0) is 9.53 Å². The van der Waals surface area contributed by atoms with E-state index < -0.39 is 0 Å². The number of ether oxygens (including phenoxy) is 1. The van der Waals surface area contributed by atoms with E-state index in [1.807, 2.05) is 34.6 Å². The summed E-state index contributed by atoms with van der Waals surface area (Å²) < 4.78 is 4.74. The lowest BCUT2D eigenvalue weighted by atomic mass is 10.1. The first kappa shape index (κ1) is 15.0. The Morgan fingerprint density at radius 3 is 2.11 bits per heavy atom. The smallest absolute Gasteiger partial charge is 0.309 e.